The summed E-state index contributed by atoms with van der Waals surface area (Å²) in [6.45, 7) is 7.07. The molecule has 1 saturated heterocycles. The van der Waals surface area contributed by atoms with E-state index in [1.807, 2.05) is 32.9 Å². The minimum absolute atomic E-state index is 0.0604. The Kier molecular flexibility index (Phi) is 5.27. The molecule has 158 valence electrons. The lowest BCUT2D eigenvalue weighted by Gasteiger charge is -2.25. The average molecular weight is 428 g/mol. The van der Waals surface area contributed by atoms with Crippen LogP contribution < -0.4 is 4.72 Å². The van der Waals surface area contributed by atoms with Crippen molar-refractivity contribution in [1.82, 2.24) is 10.1 Å². The van der Waals surface area contributed by atoms with E-state index in [-0.39, 0.29) is 16.5 Å². The highest BCUT2D eigenvalue weighted by Crippen LogP contribution is 2.28. The molecule has 7 nitrogen and oxygen atoms in total. The Bertz CT molecular complexity index is 1200. The third-order valence-corrected chi connectivity index (χ3v) is 6.86. The van der Waals surface area contributed by atoms with Gasteiger partial charge in [0.25, 0.3) is 15.9 Å². The number of piperidine rings is 1. The maximum absolute atomic E-state index is 13.1. The first-order valence-electron chi connectivity index (χ1n) is 10.1. The maximum Gasteiger partial charge on any atom is 0.276 e. The first-order chi connectivity index (χ1) is 14.3. The average Bonchev–Trinajstić information content (AvgIpc) is 3.14. The van der Waals surface area contributed by atoms with Gasteiger partial charge in [0.1, 0.15) is 0 Å². The zero-order chi connectivity index (χ0) is 21.5. The molecule has 3 aromatic rings. The SMILES string of the molecule is Cc1cc(C)c(NS(=O)(=O)c2ccc3onc(C(=O)N4CCCCC4)c3c2)c(C)c1. The highest BCUT2D eigenvalue weighted by Gasteiger charge is 2.25. The van der Waals surface area contributed by atoms with Crippen LogP contribution in [0.3, 0.4) is 0 Å². The van der Waals surface area contributed by atoms with Gasteiger partial charge in [-0.15, -0.1) is 0 Å². The lowest BCUT2D eigenvalue weighted by molar-refractivity contribution is 0.0716. The van der Waals surface area contributed by atoms with Crippen molar-refractivity contribution in [1.29, 1.82) is 0 Å². The van der Waals surface area contributed by atoms with E-state index in [9.17, 15) is 13.2 Å². The number of carbonyl (C=O) groups is 1. The number of benzene rings is 2. The number of hydrogen-bond donors (Lipinski definition) is 1. The Balaban J connectivity index is 1.70. The standard InChI is InChI=1S/C22H25N3O4S/c1-14-11-15(2)20(16(3)12-14)24-30(27,28)17-7-8-19-18(13-17)21(23-29-19)22(26)25-9-5-4-6-10-25/h7-8,11-13,24H,4-6,9-10H2,1-3H3. The molecule has 30 heavy (non-hydrogen) atoms. The molecule has 0 spiro atoms. The van der Waals surface area contributed by atoms with Gasteiger partial charge in [-0.1, -0.05) is 22.9 Å². The van der Waals surface area contributed by atoms with Crippen LogP contribution in [0.4, 0.5) is 5.69 Å². The minimum Gasteiger partial charge on any atom is -0.355 e. The number of carbonyl (C=O) groups excluding carboxylic acids is 1. The Morgan fingerprint density at radius 1 is 1.03 bits per heavy atom. The Morgan fingerprint density at radius 2 is 1.70 bits per heavy atom. The first-order valence-corrected chi connectivity index (χ1v) is 11.5. The highest BCUT2D eigenvalue weighted by atomic mass is 32.2. The molecule has 1 N–H and O–H groups in total. The van der Waals surface area contributed by atoms with Crippen LogP contribution in [0, 0.1) is 20.8 Å². The summed E-state index contributed by atoms with van der Waals surface area (Å²) in [5.41, 5.74) is 3.88. The molecule has 8 heteroatoms. The van der Waals surface area contributed by atoms with E-state index in [1.165, 1.54) is 12.1 Å². The summed E-state index contributed by atoms with van der Waals surface area (Å²) in [7, 11) is -3.85. The quantitative estimate of drug-likeness (QED) is 0.674. The second-order valence-corrected chi connectivity index (χ2v) is 9.60. The van der Waals surface area contributed by atoms with Gasteiger partial charge >= 0.3 is 0 Å². The number of aryl methyl sites for hydroxylation is 3. The minimum atomic E-state index is -3.85. The molecule has 0 unspecified atom stereocenters. The van der Waals surface area contributed by atoms with Gasteiger partial charge < -0.3 is 9.42 Å². The van der Waals surface area contributed by atoms with Gasteiger partial charge in [0.05, 0.1) is 16.0 Å². The summed E-state index contributed by atoms with van der Waals surface area (Å²) in [6.07, 6.45) is 3.02. The lowest BCUT2D eigenvalue weighted by atomic mass is 10.1. The second-order valence-electron chi connectivity index (χ2n) is 7.92. The van der Waals surface area contributed by atoms with E-state index in [2.05, 4.69) is 9.88 Å². The molecular formula is C22H25N3O4S. The highest BCUT2D eigenvalue weighted by molar-refractivity contribution is 7.92. The van der Waals surface area contributed by atoms with Crippen molar-refractivity contribution < 1.29 is 17.7 Å². The predicted molar refractivity (Wildman–Crippen MR) is 115 cm³/mol. The Morgan fingerprint density at radius 3 is 2.37 bits per heavy atom. The number of fused-ring (bicyclic) bond motifs is 1. The molecule has 0 atom stereocenters. The third-order valence-electron chi connectivity index (χ3n) is 5.51. The van der Waals surface area contributed by atoms with Gasteiger partial charge in [-0.25, -0.2) is 8.42 Å². The van der Waals surface area contributed by atoms with Gasteiger partial charge in [0.2, 0.25) is 0 Å². The fourth-order valence-corrected chi connectivity index (χ4v) is 5.25. The number of anilines is 1. The fraction of sp³-hybridized carbons (Fsp3) is 0.364. The van der Waals surface area contributed by atoms with Crippen LogP contribution in [-0.4, -0.2) is 37.5 Å². The molecule has 1 amide bonds. The van der Waals surface area contributed by atoms with Crippen molar-refractivity contribution in [3.8, 4) is 0 Å². The third kappa shape index (κ3) is 3.79. The van der Waals surface area contributed by atoms with Crippen molar-refractivity contribution in [2.45, 2.75) is 44.9 Å². The molecule has 0 bridgehead atoms. The number of nitrogens with one attached hydrogen (secondary N) is 1. The molecular weight excluding hydrogens is 402 g/mol. The predicted octanol–water partition coefficient (Wildman–Crippen LogP) is 4.18. The van der Waals surface area contributed by atoms with Crippen LogP contribution in [-0.2, 0) is 10.0 Å². The van der Waals surface area contributed by atoms with E-state index >= 15 is 0 Å². The number of rotatable bonds is 4. The lowest BCUT2D eigenvalue weighted by Crippen LogP contribution is -2.35. The van der Waals surface area contributed by atoms with Gasteiger partial charge in [0, 0.05) is 13.1 Å². The van der Waals surface area contributed by atoms with Crippen LogP contribution in [0.2, 0.25) is 0 Å². The number of amides is 1. The number of likely N-dealkylation sites (tertiary alicyclic amines) is 1. The van der Waals surface area contributed by atoms with Gasteiger partial charge in [-0.2, -0.15) is 0 Å². The summed E-state index contributed by atoms with van der Waals surface area (Å²) < 4.78 is 34.1. The molecule has 1 fully saturated rings. The maximum atomic E-state index is 13.1. The Hall–Kier alpha value is -2.87. The van der Waals surface area contributed by atoms with Gasteiger partial charge in [-0.05, 0) is 69.4 Å². The molecule has 0 aliphatic carbocycles. The van der Waals surface area contributed by atoms with E-state index in [0.717, 1.165) is 36.0 Å². The molecule has 2 heterocycles. The molecule has 2 aromatic carbocycles. The summed E-state index contributed by atoms with van der Waals surface area (Å²) in [5.74, 6) is -0.221. The van der Waals surface area contributed by atoms with Crippen molar-refractivity contribution in [2.24, 2.45) is 0 Å². The van der Waals surface area contributed by atoms with E-state index in [4.69, 9.17) is 4.52 Å². The Labute approximate surface area is 176 Å². The number of sulfonamides is 1. The zero-order valence-electron chi connectivity index (χ0n) is 17.4. The molecule has 0 radical (unpaired) electrons. The van der Waals surface area contributed by atoms with Crippen LogP contribution in [0.1, 0.15) is 46.4 Å². The molecule has 4 rings (SSSR count). The number of hydrogen-bond acceptors (Lipinski definition) is 5. The van der Waals surface area contributed by atoms with E-state index in [0.29, 0.717) is 29.7 Å². The van der Waals surface area contributed by atoms with Crippen molar-refractivity contribution in [3.05, 3.63) is 52.7 Å². The monoisotopic (exact) mass is 427 g/mol. The molecule has 1 aliphatic rings. The van der Waals surface area contributed by atoms with Crippen molar-refractivity contribution >= 4 is 32.6 Å². The summed E-state index contributed by atoms with van der Waals surface area (Å²) in [5, 5.41) is 4.34. The topological polar surface area (TPSA) is 92.5 Å². The fourth-order valence-electron chi connectivity index (χ4n) is 4.02. The molecule has 0 saturated carbocycles. The van der Waals surface area contributed by atoms with E-state index < -0.39 is 10.0 Å². The zero-order valence-corrected chi connectivity index (χ0v) is 18.2. The molecule has 1 aliphatic heterocycles. The molecule has 1 aromatic heterocycles. The first kappa shape index (κ1) is 20.4. The van der Waals surface area contributed by atoms with Crippen molar-refractivity contribution in [2.75, 3.05) is 17.8 Å². The van der Waals surface area contributed by atoms with Crippen LogP contribution in [0.15, 0.2) is 39.8 Å². The largest absolute Gasteiger partial charge is 0.355 e. The van der Waals surface area contributed by atoms with Gasteiger partial charge in [0.15, 0.2) is 11.3 Å². The summed E-state index contributed by atoms with van der Waals surface area (Å²) >= 11 is 0. The van der Waals surface area contributed by atoms with Crippen LogP contribution in [0.5, 0.6) is 0 Å². The van der Waals surface area contributed by atoms with Crippen LogP contribution in [0.25, 0.3) is 11.0 Å². The second kappa shape index (κ2) is 7.75. The van der Waals surface area contributed by atoms with E-state index in [1.54, 1.807) is 11.0 Å². The number of aromatic nitrogens is 1. The van der Waals surface area contributed by atoms with Crippen LogP contribution >= 0.6 is 0 Å². The smallest absolute Gasteiger partial charge is 0.276 e. The number of nitrogens with zero attached hydrogens (tertiary/aromatic N) is 2. The summed E-state index contributed by atoms with van der Waals surface area (Å²) in [6, 6.07) is 8.33. The normalized spacial score (nSPS) is 14.8. The van der Waals surface area contributed by atoms with Gasteiger partial charge in [-0.3, -0.25) is 9.52 Å². The summed E-state index contributed by atoms with van der Waals surface area (Å²) in [4.78, 5) is 14.7. The van der Waals surface area contributed by atoms with Crippen molar-refractivity contribution in [3.63, 3.8) is 0 Å².